The highest BCUT2D eigenvalue weighted by molar-refractivity contribution is 6.05. The molecule has 210 valence electrons. The Morgan fingerprint density at radius 3 is 2.50 bits per heavy atom. The van der Waals surface area contributed by atoms with Crippen molar-refractivity contribution in [2.75, 3.05) is 26.3 Å². The first-order valence-electron chi connectivity index (χ1n) is 14.3. The van der Waals surface area contributed by atoms with Gasteiger partial charge in [-0.15, -0.1) is 0 Å². The van der Waals surface area contributed by atoms with Gasteiger partial charge in [0.15, 0.2) is 0 Å². The van der Waals surface area contributed by atoms with Gasteiger partial charge in [-0.2, -0.15) is 0 Å². The quantitative estimate of drug-likeness (QED) is 0.245. The van der Waals surface area contributed by atoms with Crippen LogP contribution < -0.4 is 16.2 Å². The Balaban J connectivity index is 1.44. The molecule has 3 aromatic rings. The first-order chi connectivity index (χ1) is 19.4. The summed E-state index contributed by atoms with van der Waals surface area (Å²) in [5, 5.41) is 13.4. The third-order valence-corrected chi connectivity index (χ3v) is 8.13. The maximum atomic E-state index is 13.6. The van der Waals surface area contributed by atoms with E-state index in [0.29, 0.717) is 22.7 Å². The second kappa shape index (κ2) is 12.7. The van der Waals surface area contributed by atoms with Gasteiger partial charge in [0.25, 0.3) is 11.5 Å². The molecule has 1 aliphatic carbocycles. The van der Waals surface area contributed by atoms with Crippen LogP contribution in [-0.2, 0) is 17.8 Å². The highest BCUT2D eigenvalue weighted by Gasteiger charge is 2.24. The number of morpholine rings is 1. The van der Waals surface area contributed by atoms with E-state index < -0.39 is 0 Å². The fourth-order valence-electron chi connectivity index (χ4n) is 5.89. The molecule has 40 heavy (non-hydrogen) atoms. The number of carbonyl (C=O) groups excluding carboxylic acids is 1. The average molecular weight is 543 g/mol. The first-order valence-corrected chi connectivity index (χ1v) is 14.3. The summed E-state index contributed by atoms with van der Waals surface area (Å²) in [7, 11) is 0. The molecule has 1 amide bonds. The fourth-order valence-corrected chi connectivity index (χ4v) is 5.89. The zero-order valence-corrected chi connectivity index (χ0v) is 23.5. The standard InChI is InChI=1S/C32H39N5O3/c1-21-15-22(2)35-32(39)29(21)19-34-31(38)27-16-25(17-30(28(27)18-33)36-26-5-3-4-6-26)24-9-7-23(8-10-24)20-37-11-13-40-14-12-37/h7-10,15-18,26,33,36H,3-6,11-14,19-20H2,1-2H3,(H,34,38)(H,35,39)/p+1. The minimum atomic E-state index is -0.287. The molecule has 2 aromatic carbocycles. The number of amides is 1. The van der Waals surface area contributed by atoms with Gasteiger partial charge in [0, 0.05) is 49.7 Å². The van der Waals surface area contributed by atoms with Gasteiger partial charge >= 0.3 is 0 Å². The van der Waals surface area contributed by atoms with Crippen molar-refractivity contribution >= 4 is 17.8 Å². The van der Waals surface area contributed by atoms with Crippen LogP contribution in [0.15, 0.2) is 47.3 Å². The fraction of sp³-hybridized carbons (Fsp3) is 0.406. The van der Waals surface area contributed by atoms with E-state index in [0.717, 1.165) is 73.8 Å². The van der Waals surface area contributed by atoms with E-state index in [-0.39, 0.29) is 18.0 Å². The van der Waals surface area contributed by atoms with Crippen LogP contribution in [0.5, 0.6) is 0 Å². The second-order valence-corrected chi connectivity index (χ2v) is 11.1. The van der Waals surface area contributed by atoms with Crippen molar-refractivity contribution in [2.24, 2.45) is 0 Å². The topological polar surface area (TPSA) is 115 Å². The van der Waals surface area contributed by atoms with Crippen molar-refractivity contribution in [3.05, 3.63) is 86.3 Å². The molecular weight excluding hydrogens is 502 g/mol. The summed E-state index contributed by atoms with van der Waals surface area (Å²) in [5.41, 5.74) is 7.20. The van der Waals surface area contributed by atoms with Crippen molar-refractivity contribution in [3.63, 3.8) is 0 Å². The molecule has 8 heteroatoms. The van der Waals surface area contributed by atoms with Gasteiger partial charge in [-0.3, -0.25) is 14.5 Å². The van der Waals surface area contributed by atoms with Crippen molar-refractivity contribution in [1.82, 2.24) is 15.2 Å². The Morgan fingerprint density at radius 1 is 1.10 bits per heavy atom. The van der Waals surface area contributed by atoms with Crippen molar-refractivity contribution < 1.29 is 14.8 Å². The molecule has 5 rings (SSSR count). The van der Waals surface area contributed by atoms with Crippen molar-refractivity contribution in [1.29, 1.82) is 5.41 Å². The number of nitrogens with one attached hydrogen (secondary N) is 3. The van der Waals surface area contributed by atoms with E-state index in [4.69, 9.17) is 10.1 Å². The number of carbonyl (C=O) groups is 1. The predicted octanol–water partition coefficient (Wildman–Crippen LogP) is 3.56. The SMILES string of the molecule is Cc1cc(C)c(CNC(=O)c2cc(-c3ccc(CN4CCOCC4)cc3)cc([NH2+]C3CCCC3)c2C=N)c(=O)[nH]1. The minimum Gasteiger partial charge on any atom is -0.379 e. The molecule has 0 bridgehead atoms. The third kappa shape index (κ3) is 6.58. The highest BCUT2D eigenvalue weighted by atomic mass is 16.5. The smallest absolute Gasteiger partial charge is 0.253 e. The van der Waals surface area contributed by atoms with E-state index in [9.17, 15) is 9.59 Å². The monoisotopic (exact) mass is 542 g/mol. The van der Waals surface area contributed by atoms with Crippen LogP contribution in [0.25, 0.3) is 11.1 Å². The van der Waals surface area contributed by atoms with Crippen LogP contribution in [0.2, 0.25) is 0 Å². The summed E-state index contributed by atoms with van der Waals surface area (Å²) in [6.07, 6.45) is 5.98. The summed E-state index contributed by atoms with van der Waals surface area (Å²) < 4.78 is 5.47. The van der Waals surface area contributed by atoms with Gasteiger partial charge in [-0.1, -0.05) is 24.3 Å². The van der Waals surface area contributed by atoms with E-state index >= 15 is 0 Å². The van der Waals surface area contributed by atoms with Crippen LogP contribution in [-0.4, -0.2) is 54.4 Å². The largest absolute Gasteiger partial charge is 0.379 e. The molecule has 1 saturated carbocycles. The van der Waals surface area contributed by atoms with Gasteiger partial charge < -0.3 is 25.8 Å². The Bertz CT molecular complexity index is 1420. The van der Waals surface area contributed by atoms with Gasteiger partial charge in [0.1, 0.15) is 5.69 Å². The molecule has 0 radical (unpaired) electrons. The van der Waals surface area contributed by atoms with E-state index in [1.807, 2.05) is 26.0 Å². The van der Waals surface area contributed by atoms with Crippen molar-refractivity contribution in [3.8, 4) is 11.1 Å². The number of H-pyrrole nitrogens is 1. The van der Waals surface area contributed by atoms with Gasteiger partial charge in [-0.05, 0) is 73.9 Å². The molecule has 1 aliphatic heterocycles. The summed E-state index contributed by atoms with van der Waals surface area (Å²) in [6.45, 7) is 8.18. The Kier molecular flexibility index (Phi) is 8.89. The number of ether oxygens (including phenoxy) is 1. The number of pyridine rings is 1. The number of benzene rings is 2. The van der Waals surface area contributed by atoms with Crippen LogP contribution in [0.3, 0.4) is 0 Å². The Hall–Kier alpha value is -3.59. The van der Waals surface area contributed by atoms with Gasteiger partial charge in [-0.25, -0.2) is 0 Å². The summed E-state index contributed by atoms with van der Waals surface area (Å²) >= 11 is 0. The van der Waals surface area contributed by atoms with Gasteiger partial charge in [0.05, 0.1) is 30.4 Å². The number of aryl methyl sites for hydroxylation is 2. The number of aromatic amines is 1. The summed E-state index contributed by atoms with van der Waals surface area (Å²) in [5.74, 6) is -0.287. The number of rotatable bonds is 9. The Morgan fingerprint density at radius 2 is 1.82 bits per heavy atom. The molecule has 2 fully saturated rings. The number of hydrogen-bond acceptors (Lipinski definition) is 5. The average Bonchev–Trinajstić information content (AvgIpc) is 3.46. The lowest BCUT2D eigenvalue weighted by atomic mass is 9.95. The number of aromatic nitrogens is 1. The lowest BCUT2D eigenvalue weighted by Crippen LogP contribution is -2.84. The zero-order valence-electron chi connectivity index (χ0n) is 23.5. The van der Waals surface area contributed by atoms with Crippen molar-refractivity contribution in [2.45, 2.75) is 58.7 Å². The molecule has 5 N–H and O–H groups in total. The second-order valence-electron chi connectivity index (χ2n) is 11.1. The van der Waals surface area contributed by atoms with Gasteiger partial charge in [0.2, 0.25) is 0 Å². The number of quaternary nitrogens is 1. The van der Waals surface area contributed by atoms with Crippen LogP contribution in [0.4, 0.5) is 5.69 Å². The molecule has 2 aliphatic rings. The molecule has 1 saturated heterocycles. The lowest BCUT2D eigenvalue weighted by Gasteiger charge is -2.26. The number of hydrogen-bond donors (Lipinski definition) is 4. The third-order valence-electron chi connectivity index (χ3n) is 8.13. The van der Waals surface area contributed by atoms with E-state index in [2.05, 4.69) is 50.8 Å². The maximum absolute atomic E-state index is 13.6. The Labute approximate surface area is 235 Å². The number of nitrogens with zero attached hydrogens (tertiary/aromatic N) is 1. The summed E-state index contributed by atoms with van der Waals surface area (Å²) in [4.78, 5) is 31.3. The molecule has 2 heterocycles. The normalized spacial score (nSPS) is 16.2. The van der Waals surface area contributed by atoms with E-state index in [1.54, 1.807) is 0 Å². The molecule has 0 spiro atoms. The van der Waals surface area contributed by atoms with Crippen LogP contribution in [0.1, 0.15) is 64.0 Å². The zero-order chi connectivity index (χ0) is 28.1. The van der Waals surface area contributed by atoms with Crippen LogP contribution in [0, 0.1) is 19.3 Å². The summed E-state index contributed by atoms with van der Waals surface area (Å²) in [6, 6.07) is 14.9. The predicted molar refractivity (Wildman–Crippen MR) is 157 cm³/mol. The number of nitrogens with two attached hydrogens (primary N) is 1. The van der Waals surface area contributed by atoms with E-state index in [1.165, 1.54) is 24.6 Å². The minimum absolute atomic E-state index is 0.125. The molecule has 0 unspecified atom stereocenters. The van der Waals surface area contributed by atoms with Crippen LogP contribution >= 0.6 is 0 Å². The molecule has 1 aromatic heterocycles. The lowest BCUT2D eigenvalue weighted by molar-refractivity contribution is -0.609. The highest BCUT2D eigenvalue weighted by Crippen LogP contribution is 2.28. The maximum Gasteiger partial charge on any atom is 0.253 e. The molecule has 8 nitrogen and oxygen atoms in total. The molecular formula is C32H40N5O3+. The first kappa shape index (κ1) is 28.0. The molecule has 0 atom stereocenters.